The topological polar surface area (TPSA) is 77.1 Å². The summed E-state index contributed by atoms with van der Waals surface area (Å²) in [5.74, 6) is -1.19. The third kappa shape index (κ3) is 4.08. The molecule has 0 atom stereocenters. The van der Waals surface area contributed by atoms with Crippen LogP contribution in [0.2, 0.25) is 0 Å². The molecule has 1 N–H and O–H groups in total. The number of carboxylic acids is 1. The van der Waals surface area contributed by atoms with Gasteiger partial charge in [0.1, 0.15) is 4.70 Å². The highest BCUT2D eigenvalue weighted by molar-refractivity contribution is 7.99. The Morgan fingerprint density at radius 3 is 2.39 bits per heavy atom. The van der Waals surface area contributed by atoms with Gasteiger partial charge in [0.05, 0.1) is 11.4 Å². The van der Waals surface area contributed by atoms with Gasteiger partial charge in [-0.1, -0.05) is 46.9 Å². The van der Waals surface area contributed by atoms with Crippen LogP contribution in [0.4, 0.5) is 0 Å². The van der Waals surface area contributed by atoms with E-state index in [0.717, 1.165) is 34.1 Å². The summed E-state index contributed by atoms with van der Waals surface area (Å²) in [4.78, 5) is 29.5. The summed E-state index contributed by atoms with van der Waals surface area (Å²) in [5, 5.41) is 9.51. The number of aromatic nitrogens is 3. The first-order chi connectivity index (χ1) is 14.8. The number of carbonyl (C=O) groups is 1. The Labute approximate surface area is 191 Å². The molecule has 2 heterocycles. The van der Waals surface area contributed by atoms with Crippen LogP contribution >= 0.6 is 35.3 Å². The molecule has 0 saturated carbocycles. The lowest BCUT2D eigenvalue weighted by Gasteiger charge is -2.13. The Balaban J connectivity index is 2.02. The maximum atomic E-state index is 13.5. The Morgan fingerprint density at radius 1 is 1.06 bits per heavy atom. The second-order valence-electron chi connectivity index (χ2n) is 7.18. The highest BCUT2D eigenvalue weighted by Crippen LogP contribution is 2.28. The van der Waals surface area contributed by atoms with Crippen LogP contribution in [0.3, 0.4) is 0 Å². The van der Waals surface area contributed by atoms with Crippen molar-refractivity contribution in [1.82, 2.24) is 14.1 Å². The Morgan fingerprint density at radius 2 is 1.74 bits per heavy atom. The molecule has 0 radical (unpaired) electrons. The number of aliphatic carboxylic acids is 1. The zero-order chi connectivity index (χ0) is 22.3. The average molecular weight is 470 g/mol. The van der Waals surface area contributed by atoms with Gasteiger partial charge in [-0.15, -0.1) is 0 Å². The third-order valence-corrected chi connectivity index (χ3v) is 7.22. The van der Waals surface area contributed by atoms with Crippen molar-refractivity contribution in [2.75, 3.05) is 5.75 Å². The van der Waals surface area contributed by atoms with Crippen molar-refractivity contribution >= 4 is 51.6 Å². The highest BCUT2D eigenvalue weighted by Gasteiger charge is 2.20. The predicted octanol–water partition coefficient (Wildman–Crippen LogP) is 5.07. The number of hydrogen-bond acceptors (Lipinski definition) is 6. The molecule has 6 nitrogen and oxygen atoms in total. The predicted molar refractivity (Wildman–Crippen MR) is 128 cm³/mol. The summed E-state index contributed by atoms with van der Waals surface area (Å²) in [6.45, 7) is 6.01. The molecule has 0 unspecified atom stereocenters. The number of thioether (sulfide) groups is 1. The molecule has 0 amide bonds. The molecule has 0 spiro atoms. The minimum Gasteiger partial charge on any atom is -0.481 e. The van der Waals surface area contributed by atoms with Gasteiger partial charge in [0, 0.05) is 5.69 Å². The van der Waals surface area contributed by atoms with E-state index in [1.165, 1.54) is 15.9 Å². The van der Waals surface area contributed by atoms with Crippen LogP contribution in [0.15, 0.2) is 52.4 Å². The van der Waals surface area contributed by atoms with E-state index < -0.39 is 5.97 Å². The number of benzene rings is 2. The second kappa shape index (κ2) is 8.41. The minimum absolute atomic E-state index is 0.210. The Hall–Kier alpha value is -2.75. The summed E-state index contributed by atoms with van der Waals surface area (Å²) >= 11 is 7.81. The van der Waals surface area contributed by atoms with Crippen LogP contribution < -0.4 is 5.56 Å². The molecule has 0 saturated heterocycles. The van der Waals surface area contributed by atoms with Crippen LogP contribution in [-0.4, -0.2) is 30.9 Å². The molecule has 2 aromatic heterocycles. The van der Waals surface area contributed by atoms with Crippen LogP contribution in [0.25, 0.3) is 21.7 Å². The van der Waals surface area contributed by atoms with Crippen molar-refractivity contribution < 1.29 is 9.90 Å². The third-order valence-electron chi connectivity index (χ3n) is 4.94. The quantitative estimate of drug-likeness (QED) is 0.250. The van der Waals surface area contributed by atoms with Crippen molar-refractivity contribution in [2.45, 2.75) is 25.9 Å². The van der Waals surface area contributed by atoms with Crippen LogP contribution in [-0.2, 0) is 4.79 Å². The van der Waals surface area contributed by atoms with E-state index in [-0.39, 0.29) is 11.3 Å². The van der Waals surface area contributed by atoms with Gasteiger partial charge >= 0.3 is 5.97 Å². The molecular weight excluding hydrogens is 450 g/mol. The summed E-state index contributed by atoms with van der Waals surface area (Å²) < 4.78 is 4.20. The van der Waals surface area contributed by atoms with E-state index in [4.69, 9.17) is 17.2 Å². The average Bonchev–Trinajstić information content (AvgIpc) is 3.06. The van der Waals surface area contributed by atoms with Crippen molar-refractivity contribution in [2.24, 2.45) is 0 Å². The summed E-state index contributed by atoms with van der Waals surface area (Å²) in [7, 11) is 0. The van der Waals surface area contributed by atoms with E-state index in [1.807, 2.05) is 63.2 Å². The number of thiazole rings is 1. The molecule has 9 heteroatoms. The fourth-order valence-corrected chi connectivity index (χ4v) is 5.20. The fourth-order valence-electron chi connectivity index (χ4n) is 3.17. The lowest BCUT2D eigenvalue weighted by molar-refractivity contribution is -0.133. The summed E-state index contributed by atoms with van der Waals surface area (Å²) in [5.41, 5.74) is 4.96. The number of rotatable bonds is 5. The fraction of sp³-hybridized carbons (Fsp3) is 0.182. The zero-order valence-corrected chi connectivity index (χ0v) is 19.5. The van der Waals surface area contributed by atoms with Gasteiger partial charge < -0.3 is 5.11 Å². The first-order valence-electron chi connectivity index (χ1n) is 9.44. The van der Waals surface area contributed by atoms with Gasteiger partial charge in [-0.05, 0) is 68.4 Å². The number of hydrogen-bond donors (Lipinski definition) is 1. The van der Waals surface area contributed by atoms with Crippen molar-refractivity contribution in [3.05, 3.63) is 73.5 Å². The minimum atomic E-state index is -0.980. The zero-order valence-electron chi connectivity index (χ0n) is 17.1. The Kier molecular flexibility index (Phi) is 5.83. The molecule has 31 heavy (non-hydrogen) atoms. The maximum Gasteiger partial charge on any atom is 0.313 e. The van der Waals surface area contributed by atoms with Crippen LogP contribution in [0.1, 0.15) is 16.7 Å². The normalized spacial score (nSPS) is 11.2. The molecule has 0 fully saturated rings. The molecule has 0 aliphatic carbocycles. The molecule has 0 aliphatic heterocycles. The van der Waals surface area contributed by atoms with Gasteiger partial charge in [0.2, 0.25) is 0 Å². The SMILES string of the molecule is Cc1ccc(-n2c(SCC(=O)O)nc3c(sc(=S)n3-c3ccc(C)c(C)c3)c2=O)cc1. The van der Waals surface area contributed by atoms with Crippen molar-refractivity contribution in [1.29, 1.82) is 0 Å². The maximum absolute atomic E-state index is 13.5. The second-order valence-corrected chi connectivity index (χ2v) is 9.76. The van der Waals surface area contributed by atoms with Gasteiger partial charge in [-0.25, -0.2) is 4.98 Å². The number of carboxylic acid groups (broad SMARTS) is 1. The smallest absolute Gasteiger partial charge is 0.313 e. The van der Waals surface area contributed by atoms with E-state index in [2.05, 4.69) is 0 Å². The summed E-state index contributed by atoms with van der Waals surface area (Å²) in [6, 6.07) is 13.4. The van der Waals surface area contributed by atoms with Gasteiger partial charge in [0.25, 0.3) is 5.56 Å². The van der Waals surface area contributed by atoms with Crippen molar-refractivity contribution in [3.63, 3.8) is 0 Å². The monoisotopic (exact) mass is 469 g/mol. The van der Waals surface area contributed by atoms with Crippen LogP contribution in [0, 0.1) is 24.7 Å². The molecule has 158 valence electrons. The highest BCUT2D eigenvalue weighted by atomic mass is 32.2. The molecule has 0 aliphatic rings. The van der Waals surface area contributed by atoms with Gasteiger partial charge in [0.15, 0.2) is 14.8 Å². The molecule has 2 aromatic carbocycles. The lowest BCUT2D eigenvalue weighted by atomic mass is 10.1. The lowest BCUT2D eigenvalue weighted by Crippen LogP contribution is -2.22. The van der Waals surface area contributed by atoms with Gasteiger partial charge in [-0.2, -0.15) is 0 Å². The standard InChI is InChI=1S/C22H19N3O3S3/c1-12-4-7-15(8-5-12)25-20(28)18-19(23-21(25)30-11-17(26)27)24(22(29)31-18)16-9-6-13(2)14(3)10-16/h4-10H,11H2,1-3H3,(H,26,27). The molecule has 4 aromatic rings. The number of nitrogens with zero attached hydrogens (tertiary/aromatic N) is 3. The molecular formula is C22H19N3O3S3. The summed E-state index contributed by atoms with van der Waals surface area (Å²) in [6.07, 6.45) is 0. The van der Waals surface area contributed by atoms with E-state index in [9.17, 15) is 14.7 Å². The van der Waals surface area contributed by atoms with Gasteiger partial charge in [-0.3, -0.25) is 18.7 Å². The first kappa shape index (κ1) is 21.5. The first-order valence-corrected chi connectivity index (χ1v) is 11.6. The number of aryl methyl sites for hydroxylation is 3. The molecule has 0 bridgehead atoms. The Bertz CT molecular complexity index is 1430. The number of fused-ring (bicyclic) bond motifs is 1. The van der Waals surface area contributed by atoms with E-state index >= 15 is 0 Å². The van der Waals surface area contributed by atoms with Crippen LogP contribution in [0.5, 0.6) is 0 Å². The molecule has 4 rings (SSSR count). The van der Waals surface area contributed by atoms with Crippen molar-refractivity contribution in [3.8, 4) is 11.4 Å². The largest absolute Gasteiger partial charge is 0.481 e. The van der Waals surface area contributed by atoms with E-state index in [1.54, 1.807) is 4.57 Å². The van der Waals surface area contributed by atoms with E-state index in [0.29, 0.717) is 25.1 Å².